The molecule has 0 radical (unpaired) electrons. The van der Waals surface area contributed by atoms with Crippen molar-refractivity contribution in [3.63, 3.8) is 0 Å². The van der Waals surface area contributed by atoms with Gasteiger partial charge in [-0.05, 0) is 30.9 Å². The van der Waals surface area contributed by atoms with E-state index in [4.69, 9.17) is 10.5 Å². The summed E-state index contributed by atoms with van der Waals surface area (Å²) in [7, 11) is 0. The highest BCUT2D eigenvalue weighted by atomic mass is 35.5. The molecule has 4 nitrogen and oxygen atoms in total. The van der Waals surface area contributed by atoms with Crippen LogP contribution >= 0.6 is 12.4 Å². The van der Waals surface area contributed by atoms with Crippen LogP contribution in [-0.2, 0) is 4.79 Å². The minimum absolute atomic E-state index is 0. The summed E-state index contributed by atoms with van der Waals surface area (Å²) >= 11 is 0. The van der Waals surface area contributed by atoms with Crippen molar-refractivity contribution >= 4 is 24.0 Å². The van der Waals surface area contributed by atoms with Crippen LogP contribution in [0.4, 0.5) is 14.5 Å². The third kappa shape index (κ3) is 5.42. The SMILES string of the molecule is Cl.N[C@@H]1CCC[C@H]1CC(=O)Nc1ccccc1OCC(F)F. The van der Waals surface area contributed by atoms with Gasteiger partial charge in [0.1, 0.15) is 12.4 Å². The molecule has 2 atom stereocenters. The number of nitrogens with one attached hydrogen (secondary N) is 1. The first-order chi connectivity index (χ1) is 10.1. The van der Waals surface area contributed by atoms with Crippen molar-refractivity contribution < 1.29 is 18.3 Å². The molecule has 22 heavy (non-hydrogen) atoms. The molecule has 1 aromatic carbocycles. The topological polar surface area (TPSA) is 64.4 Å². The molecular formula is C15H21ClF2N2O2. The number of para-hydroxylation sites is 2. The van der Waals surface area contributed by atoms with E-state index < -0.39 is 13.0 Å². The van der Waals surface area contributed by atoms with Crippen molar-refractivity contribution in [1.82, 2.24) is 0 Å². The molecule has 1 saturated carbocycles. The second-order valence-electron chi connectivity index (χ2n) is 5.31. The first kappa shape index (κ1) is 18.6. The van der Waals surface area contributed by atoms with Gasteiger partial charge in [0.05, 0.1) is 5.69 Å². The summed E-state index contributed by atoms with van der Waals surface area (Å²) in [4.78, 5) is 12.0. The maximum Gasteiger partial charge on any atom is 0.272 e. The van der Waals surface area contributed by atoms with Crippen LogP contribution < -0.4 is 15.8 Å². The highest BCUT2D eigenvalue weighted by molar-refractivity contribution is 5.92. The van der Waals surface area contributed by atoms with Gasteiger partial charge in [0.2, 0.25) is 5.91 Å². The molecule has 0 aliphatic heterocycles. The number of anilines is 1. The molecule has 7 heteroatoms. The summed E-state index contributed by atoms with van der Waals surface area (Å²) in [6, 6.07) is 6.64. The fourth-order valence-corrected chi connectivity index (χ4v) is 2.61. The molecule has 0 spiro atoms. The monoisotopic (exact) mass is 334 g/mol. The number of amides is 1. The molecule has 1 amide bonds. The summed E-state index contributed by atoms with van der Waals surface area (Å²) in [5, 5.41) is 2.72. The van der Waals surface area contributed by atoms with Crippen LogP contribution in [0, 0.1) is 5.92 Å². The number of halogens is 3. The molecule has 1 aromatic rings. The smallest absolute Gasteiger partial charge is 0.272 e. The zero-order valence-corrected chi connectivity index (χ0v) is 13.0. The Morgan fingerprint density at radius 2 is 2.09 bits per heavy atom. The van der Waals surface area contributed by atoms with E-state index in [0.717, 1.165) is 19.3 Å². The van der Waals surface area contributed by atoms with Gasteiger partial charge in [0.15, 0.2) is 0 Å². The summed E-state index contributed by atoms with van der Waals surface area (Å²) in [6.07, 6.45) is 0.757. The predicted molar refractivity (Wildman–Crippen MR) is 83.8 cm³/mol. The quantitative estimate of drug-likeness (QED) is 0.839. The van der Waals surface area contributed by atoms with Gasteiger partial charge in [0.25, 0.3) is 6.43 Å². The van der Waals surface area contributed by atoms with Gasteiger partial charge in [-0.2, -0.15) is 0 Å². The molecule has 3 N–H and O–H groups in total. The van der Waals surface area contributed by atoms with Gasteiger partial charge in [-0.15, -0.1) is 12.4 Å². The number of ether oxygens (including phenoxy) is 1. The second kappa shape index (κ2) is 8.90. The van der Waals surface area contributed by atoms with Crippen molar-refractivity contribution in [3.05, 3.63) is 24.3 Å². The highest BCUT2D eigenvalue weighted by Gasteiger charge is 2.26. The van der Waals surface area contributed by atoms with Crippen molar-refractivity contribution in [3.8, 4) is 5.75 Å². The number of alkyl halides is 2. The Bertz CT molecular complexity index is 488. The summed E-state index contributed by atoms with van der Waals surface area (Å²) in [5.41, 5.74) is 6.36. The van der Waals surface area contributed by atoms with Crippen LogP contribution in [0.5, 0.6) is 5.75 Å². The molecule has 1 aliphatic carbocycles. The zero-order valence-electron chi connectivity index (χ0n) is 12.1. The van der Waals surface area contributed by atoms with Gasteiger partial charge in [-0.3, -0.25) is 4.79 Å². The molecule has 1 aliphatic rings. The molecule has 124 valence electrons. The van der Waals surface area contributed by atoms with E-state index in [1.54, 1.807) is 24.3 Å². The van der Waals surface area contributed by atoms with Gasteiger partial charge >= 0.3 is 0 Å². The standard InChI is InChI=1S/C15H20F2N2O2.ClH/c16-14(17)9-21-13-7-2-1-6-12(13)19-15(20)8-10-4-3-5-11(10)18;/h1-2,6-7,10-11,14H,3-5,8-9,18H2,(H,19,20);1H/t10-,11+;/m0./s1. The van der Waals surface area contributed by atoms with E-state index >= 15 is 0 Å². The lowest BCUT2D eigenvalue weighted by atomic mass is 10.00. The zero-order chi connectivity index (χ0) is 15.2. The molecule has 0 heterocycles. The first-order valence-electron chi connectivity index (χ1n) is 7.11. The molecular weight excluding hydrogens is 314 g/mol. The minimum Gasteiger partial charge on any atom is -0.485 e. The first-order valence-corrected chi connectivity index (χ1v) is 7.11. The lowest BCUT2D eigenvalue weighted by Gasteiger charge is -2.16. The Kier molecular flexibility index (Phi) is 7.55. The number of nitrogens with two attached hydrogens (primary N) is 1. The van der Waals surface area contributed by atoms with E-state index in [1.807, 2.05) is 0 Å². The molecule has 0 saturated heterocycles. The van der Waals surface area contributed by atoms with Crippen LogP contribution in [0.1, 0.15) is 25.7 Å². The van der Waals surface area contributed by atoms with E-state index in [9.17, 15) is 13.6 Å². The fourth-order valence-electron chi connectivity index (χ4n) is 2.61. The third-order valence-corrected chi connectivity index (χ3v) is 3.69. The Balaban J connectivity index is 0.00000242. The average Bonchev–Trinajstić information content (AvgIpc) is 2.83. The van der Waals surface area contributed by atoms with Crippen molar-refractivity contribution in [2.75, 3.05) is 11.9 Å². The molecule has 2 rings (SSSR count). The summed E-state index contributed by atoms with van der Waals surface area (Å²) in [5.74, 6) is 0.284. The number of hydrogen-bond donors (Lipinski definition) is 2. The Labute approximate surface area is 134 Å². The number of carbonyl (C=O) groups is 1. The van der Waals surface area contributed by atoms with Gasteiger partial charge in [0, 0.05) is 12.5 Å². The van der Waals surface area contributed by atoms with E-state index in [-0.39, 0.29) is 36.0 Å². The maximum atomic E-state index is 12.2. The van der Waals surface area contributed by atoms with Crippen molar-refractivity contribution in [2.45, 2.75) is 38.2 Å². The summed E-state index contributed by atoms with van der Waals surface area (Å²) in [6.45, 7) is -0.694. The number of rotatable bonds is 6. The van der Waals surface area contributed by atoms with E-state index in [2.05, 4.69) is 5.32 Å². The van der Waals surface area contributed by atoms with Crippen LogP contribution in [0.25, 0.3) is 0 Å². The number of carbonyl (C=O) groups excluding carboxylic acids is 1. The van der Waals surface area contributed by atoms with Crippen molar-refractivity contribution in [2.24, 2.45) is 11.7 Å². The highest BCUT2D eigenvalue weighted by Crippen LogP contribution is 2.28. The fraction of sp³-hybridized carbons (Fsp3) is 0.533. The average molecular weight is 335 g/mol. The molecule has 0 unspecified atom stereocenters. The van der Waals surface area contributed by atoms with Crippen LogP contribution in [0.2, 0.25) is 0 Å². The van der Waals surface area contributed by atoms with Crippen LogP contribution in [-0.4, -0.2) is 25.0 Å². The number of benzene rings is 1. The normalized spacial score (nSPS) is 20.5. The number of hydrogen-bond acceptors (Lipinski definition) is 3. The van der Waals surface area contributed by atoms with E-state index in [0.29, 0.717) is 12.1 Å². The lowest BCUT2D eigenvalue weighted by molar-refractivity contribution is -0.117. The Hall–Kier alpha value is -1.40. The van der Waals surface area contributed by atoms with Crippen molar-refractivity contribution in [1.29, 1.82) is 0 Å². The van der Waals surface area contributed by atoms with Gasteiger partial charge in [-0.25, -0.2) is 8.78 Å². The van der Waals surface area contributed by atoms with Gasteiger partial charge < -0.3 is 15.8 Å². The Morgan fingerprint density at radius 1 is 1.36 bits per heavy atom. The minimum atomic E-state index is -2.55. The predicted octanol–water partition coefficient (Wildman–Crippen LogP) is 3.21. The lowest BCUT2D eigenvalue weighted by Crippen LogP contribution is -2.28. The Morgan fingerprint density at radius 3 is 2.73 bits per heavy atom. The van der Waals surface area contributed by atoms with E-state index in [1.165, 1.54) is 0 Å². The van der Waals surface area contributed by atoms with Crippen LogP contribution in [0.15, 0.2) is 24.3 Å². The third-order valence-electron chi connectivity index (χ3n) is 3.69. The molecule has 0 aromatic heterocycles. The molecule has 0 bridgehead atoms. The van der Waals surface area contributed by atoms with Crippen LogP contribution in [0.3, 0.4) is 0 Å². The maximum absolute atomic E-state index is 12.2. The second-order valence-corrected chi connectivity index (χ2v) is 5.31. The molecule has 1 fully saturated rings. The summed E-state index contributed by atoms with van der Waals surface area (Å²) < 4.78 is 29.4. The van der Waals surface area contributed by atoms with Gasteiger partial charge in [-0.1, -0.05) is 18.6 Å². The largest absolute Gasteiger partial charge is 0.485 e.